The van der Waals surface area contributed by atoms with Crippen LogP contribution in [0, 0.1) is 0 Å². The van der Waals surface area contributed by atoms with Crippen LogP contribution in [-0.4, -0.2) is 24.3 Å². The van der Waals surface area contributed by atoms with Gasteiger partial charge in [-0.05, 0) is 54.8 Å². The lowest BCUT2D eigenvalue weighted by Crippen LogP contribution is -2.39. The monoisotopic (exact) mass is 377 g/mol. The first-order chi connectivity index (χ1) is 12.1. The average Bonchev–Trinajstić information content (AvgIpc) is 2.65. The number of carbonyl (C=O) groups excluding carboxylic acids is 1. The summed E-state index contributed by atoms with van der Waals surface area (Å²) in [5, 5.41) is 3.68. The molecule has 0 aromatic heterocycles. The molecule has 1 atom stereocenters. The van der Waals surface area contributed by atoms with Gasteiger partial charge >= 0.3 is 0 Å². The van der Waals surface area contributed by atoms with E-state index >= 15 is 0 Å². The molecule has 0 aliphatic carbocycles. The second-order valence-corrected chi connectivity index (χ2v) is 7.21. The molecule has 0 spiro atoms. The molecule has 25 heavy (non-hydrogen) atoms. The van der Waals surface area contributed by atoms with Gasteiger partial charge in [0, 0.05) is 22.2 Å². The Labute approximate surface area is 159 Å². The molecule has 0 saturated carbocycles. The molecule has 3 nitrogen and oxygen atoms in total. The summed E-state index contributed by atoms with van der Waals surface area (Å²) in [6, 6.07) is 15.6. The number of amides is 1. The van der Waals surface area contributed by atoms with Gasteiger partial charge < -0.3 is 10.1 Å². The second-order valence-electron chi connectivity index (χ2n) is 5.61. The number of nitrogens with one attached hydrogen (secondary N) is 1. The number of hydrogen-bond acceptors (Lipinski definition) is 3. The van der Waals surface area contributed by atoms with E-state index in [4.69, 9.17) is 16.3 Å². The molecule has 0 heterocycles. The van der Waals surface area contributed by atoms with E-state index in [0.717, 1.165) is 27.8 Å². The fraction of sp³-hybridized carbons (Fsp3) is 0.350. The zero-order chi connectivity index (χ0) is 18.1. The van der Waals surface area contributed by atoms with Crippen LogP contribution < -0.4 is 10.1 Å². The number of rotatable bonds is 9. The highest BCUT2D eigenvalue weighted by molar-refractivity contribution is 7.99. The number of carbonyl (C=O) groups is 1. The highest BCUT2D eigenvalue weighted by Gasteiger charge is 2.17. The molecule has 0 aliphatic rings. The van der Waals surface area contributed by atoms with Gasteiger partial charge in [-0.25, -0.2) is 0 Å². The van der Waals surface area contributed by atoms with Crippen LogP contribution in [0.3, 0.4) is 0 Å². The third-order valence-corrected chi connectivity index (χ3v) is 5.02. The maximum atomic E-state index is 12.3. The SMILES string of the molecule is CCc1ccc(O[C@H](CC)C(=O)NCCSc2ccc(Cl)cc2)cc1. The van der Waals surface area contributed by atoms with E-state index in [2.05, 4.69) is 12.2 Å². The number of ether oxygens (including phenoxy) is 1. The summed E-state index contributed by atoms with van der Waals surface area (Å²) in [6.07, 6.45) is 1.16. The van der Waals surface area contributed by atoms with E-state index in [1.165, 1.54) is 5.56 Å². The van der Waals surface area contributed by atoms with Crippen LogP contribution in [0.25, 0.3) is 0 Å². The molecule has 0 aliphatic heterocycles. The van der Waals surface area contributed by atoms with Gasteiger partial charge in [0.1, 0.15) is 5.75 Å². The first-order valence-electron chi connectivity index (χ1n) is 8.54. The predicted octanol–water partition coefficient (Wildman–Crippen LogP) is 4.97. The van der Waals surface area contributed by atoms with Crippen molar-refractivity contribution in [1.29, 1.82) is 0 Å². The molecule has 1 N–H and O–H groups in total. The molecule has 2 aromatic rings. The van der Waals surface area contributed by atoms with E-state index in [9.17, 15) is 4.79 Å². The molecule has 0 fully saturated rings. The fourth-order valence-corrected chi connectivity index (χ4v) is 3.17. The summed E-state index contributed by atoms with van der Waals surface area (Å²) in [6.45, 7) is 4.66. The lowest BCUT2D eigenvalue weighted by Gasteiger charge is -2.17. The average molecular weight is 378 g/mol. The number of benzene rings is 2. The highest BCUT2D eigenvalue weighted by atomic mass is 35.5. The lowest BCUT2D eigenvalue weighted by atomic mass is 10.2. The minimum atomic E-state index is -0.465. The number of halogens is 1. The standard InChI is InChI=1S/C20H24ClNO2S/c1-3-15-5-9-17(10-6-15)24-19(4-2)20(23)22-13-14-25-18-11-7-16(21)8-12-18/h5-12,19H,3-4,13-14H2,1-2H3,(H,22,23)/t19-/m1/s1. The van der Waals surface area contributed by atoms with Crippen LogP contribution in [0.5, 0.6) is 5.75 Å². The molecular weight excluding hydrogens is 354 g/mol. The molecule has 0 bridgehead atoms. The van der Waals surface area contributed by atoms with Gasteiger partial charge in [0.05, 0.1) is 0 Å². The van der Waals surface area contributed by atoms with Crippen molar-refractivity contribution in [1.82, 2.24) is 5.32 Å². The molecule has 134 valence electrons. The van der Waals surface area contributed by atoms with Gasteiger partial charge in [0.2, 0.25) is 0 Å². The third kappa shape index (κ3) is 6.63. The minimum Gasteiger partial charge on any atom is -0.481 e. The third-order valence-electron chi connectivity index (χ3n) is 3.76. The first kappa shape index (κ1) is 19.7. The van der Waals surface area contributed by atoms with Crippen molar-refractivity contribution in [2.75, 3.05) is 12.3 Å². The van der Waals surface area contributed by atoms with Crippen LogP contribution in [0.4, 0.5) is 0 Å². The summed E-state index contributed by atoms with van der Waals surface area (Å²) in [5.41, 5.74) is 1.25. The largest absolute Gasteiger partial charge is 0.481 e. The van der Waals surface area contributed by atoms with Crippen LogP contribution in [0.15, 0.2) is 53.4 Å². The summed E-state index contributed by atoms with van der Waals surface area (Å²) in [7, 11) is 0. The topological polar surface area (TPSA) is 38.3 Å². The van der Waals surface area contributed by atoms with Gasteiger partial charge in [0.25, 0.3) is 5.91 Å². The van der Waals surface area contributed by atoms with Crippen molar-refractivity contribution in [3.8, 4) is 5.75 Å². The highest BCUT2D eigenvalue weighted by Crippen LogP contribution is 2.20. The normalized spacial score (nSPS) is 11.8. The number of hydrogen-bond donors (Lipinski definition) is 1. The molecular formula is C20H24ClNO2S. The zero-order valence-corrected chi connectivity index (χ0v) is 16.2. The Kier molecular flexibility index (Phi) is 8.16. The van der Waals surface area contributed by atoms with Gasteiger partial charge in [-0.15, -0.1) is 11.8 Å². The molecule has 2 aromatic carbocycles. The Hall–Kier alpha value is -1.65. The van der Waals surface area contributed by atoms with Gasteiger partial charge in [-0.3, -0.25) is 4.79 Å². The summed E-state index contributed by atoms with van der Waals surface area (Å²) >= 11 is 7.55. The van der Waals surface area contributed by atoms with Crippen LogP contribution >= 0.6 is 23.4 Å². The Balaban J connectivity index is 1.75. The predicted molar refractivity (Wildman–Crippen MR) is 106 cm³/mol. The zero-order valence-electron chi connectivity index (χ0n) is 14.6. The fourth-order valence-electron chi connectivity index (χ4n) is 2.28. The molecule has 2 rings (SSSR count). The number of thioether (sulfide) groups is 1. The van der Waals surface area contributed by atoms with Crippen molar-refractivity contribution in [2.24, 2.45) is 0 Å². The Bertz CT molecular complexity index is 658. The van der Waals surface area contributed by atoms with E-state index in [0.29, 0.717) is 13.0 Å². The van der Waals surface area contributed by atoms with Gasteiger partial charge in [0.15, 0.2) is 6.10 Å². The molecule has 0 saturated heterocycles. The van der Waals surface area contributed by atoms with Crippen LogP contribution in [-0.2, 0) is 11.2 Å². The molecule has 1 amide bonds. The Morgan fingerprint density at radius 2 is 1.80 bits per heavy atom. The molecule has 0 radical (unpaired) electrons. The Morgan fingerprint density at radius 1 is 1.12 bits per heavy atom. The van der Waals surface area contributed by atoms with Crippen molar-refractivity contribution < 1.29 is 9.53 Å². The molecule has 5 heteroatoms. The second kappa shape index (κ2) is 10.4. The van der Waals surface area contributed by atoms with Crippen molar-refractivity contribution >= 4 is 29.3 Å². The van der Waals surface area contributed by atoms with E-state index < -0.39 is 6.10 Å². The van der Waals surface area contributed by atoms with E-state index in [1.807, 2.05) is 55.5 Å². The smallest absolute Gasteiger partial charge is 0.261 e. The summed E-state index contributed by atoms with van der Waals surface area (Å²) < 4.78 is 5.82. The summed E-state index contributed by atoms with van der Waals surface area (Å²) in [4.78, 5) is 13.4. The maximum Gasteiger partial charge on any atom is 0.261 e. The van der Waals surface area contributed by atoms with E-state index in [1.54, 1.807) is 11.8 Å². The van der Waals surface area contributed by atoms with Crippen molar-refractivity contribution in [2.45, 2.75) is 37.7 Å². The van der Waals surface area contributed by atoms with Gasteiger partial charge in [-0.2, -0.15) is 0 Å². The van der Waals surface area contributed by atoms with Crippen LogP contribution in [0.2, 0.25) is 5.02 Å². The van der Waals surface area contributed by atoms with Crippen molar-refractivity contribution in [3.05, 3.63) is 59.1 Å². The first-order valence-corrected chi connectivity index (χ1v) is 9.90. The van der Waals surface area contributed by atoms with E-state index in [-0.39, 0.29) is 5.91 Å². The number of aryl methyl sites for hydroxylation is 1. The molecule has 0 unspecified atom stereocenters. The van der Waals surface area contributed by atoms with Crippen LogP contribution in [0.1, 0.15) is 25.8 Å². The van der Waals surface area contributed by atoms with Gasteiger partial charge in [-0.1, -0.05) is 37.6 Å². The minimum absolute atomic E-state index is 0.0706. The Morgan fingerprint density at radius 3 is 2.40 bits per heavy atom. The quantitative estimate of drug-likeness (QED) is 0.495. The summed E-state index contributed by atoms with van der Waals surface area (Å²) in [5.74, 6) is 1.46. The maximum absolute atomic E-state index is 12.3. The lowest BCUT2D eigenvalue weighted by molar-refractivity contribution is -0.127. The van der Waals surface area contributed by atoms with Crippen molar-refractivity contribution in [3.63, 3.8) is 0 Å².